The molecule has 4 nitrogen and oxygen atoms in total. The van der Waals surface area contributed by atoms with E-state index in [-0.39, 0.29) is 23.9 Å². The second-order valence-electron chi connectivity index (χ2n) is 7.99. The van der Waals surface area contributed by atoms with E-state index < -0.39 is 11.6 Å². The van der Waals surface area contributed by atoms with Gasteiger partial charge in [-0.25, -0.2) is 8.78 Å². The van der Waals surface area contributed by atoms with Gasteiger partial charge in [-0.15, -0.1) is 0 Å². The highest BCUT2D eigenvalue weighted by Gasteiger charge is 2.55. The monoisotopic (exact) mass is 372 g/mol. The molecule has 1 amide bonds. The topological polar surface area (TPSA) is 36.7 Å². The van der Waals surface area contributed by atoms with Crippen molar-refractivity contribution in [3.8, 4) is 0 Å². The highest BCUT2D eigenvalue weighted by molar-refractivity contribution is 5.93. The van der Waals surface area contributed by atoms with Crippen molar-refractivity contribution in [3.05, 3.63) is 59.1 Å². The van der Waals surface area contributed by atoms with Gasteiger partial charge in [-0.1, -0.05) is 12.1 Å². The summed E-state index contributed by atoms with van der Waals surface area (Å²) < 4.78 is 33.9. The molecule has 2 aromatic rings. The fourth-order valence-corrected chi connectivity index (χ4v) is 5.46. The average molecular weight is 372 g/mol. The van der Waals surface area contributed by atoms with Crippen molar-refractivity contribution in [2.45, 2.75) is 37.8 Å². The summed E-state index contributed by atoms with van der Waals surface area (Å²) in [6.07, 6.45) is 3.61. The minimum atomic E-state index is -0.827. The van der Waals surface area contributed by atoms with Crippen LogP contribution in [-0.4, -0.2) is 47.4 Å². The van der Waals surface area contributed by atoms with Gasteiger partial charge in [-0.2, -0.15) is 0 Å². The number of amides is 1. The fourth-order valence-electron chi connectivity index (χ4n) is 5.46. The SMILES string of the molecule is Cc1ccoc1C(=O)N1C[C@@H](c2cccc(F)c2F)[C@@H]2[C@H]1C1CCN2CC1. The molecule has 0 radical (unpaired) electrons. The molecule has 4 aliphatic rings. The summed E-state index contributed by atoms with van der Waals surface area (Å²) >= 11 is 0. The number of carbonyl (C=O) groups is 1. The van der Waals surface area contributed by atoms with Gasteiger partial charge >= 0.3 is 0 Å². The van der Waals surface area contributed by atoms with Gasteiger partial charge in [0.2, 0.25) is 0 Å². The Labute approximate surface area is 156 Å². The smallest absolute Gasteiger partial charge is 0.290 e. The normalized spacial score (nSPS) is 32.0. The molecule has 142 valence electrons. The largest absolute Gasteiger partial charge is 0.459 e. The van der Waals surface area contributed by atoms with E-state index in [2.05, 4.69) is 4.90 Å². The van der Waals surface area contributed by atoms with Crippen molar-refractivity contribution in [2.75, 3.05) is 19.6 Å². The van der Waals surface area contributed by atoms with Gasteiger partial charge in [-0.3, -0.25) is 9.69 Å². The lowest BCUT2D eigenvalue weighted by molar-refractivity contribution is -0.00449. The van der Waals surface area contributed by atoms with Crippen LogP contribution in [0.15, 0.2) is 34.9 Å². The lowest BCUT2D eigenvalue weighted by atomic mass is 9.75. The molecular weight excluding hydrogens is 350 g/mol. The van der Waals surface area contributed by atoms with Gasteiger partial charge in [0.1, 0.15) is 0 Å². The Kier molecular flexibility index (Phi) is 3.86. The van der Waals surface area contributed by atoms with Crippen LogP contribution in [0, 0.1) is 24.5 Å². The second kappa shape index (κ2) is 6.16. The van der Waals surface area contributed by atoms with Gasteiger partial charge in [0, 0.05) is 24.1 Å². The van der Waals surface area contributed by atoms with E-state index in [4.69, 9.17) is 4.42 Å². The molecule has 3 atom stereocenters. The van der Waals surface area contributed by atoms with E-state index in [0.717, 1.165) is 37.6 Å². The summed E-state index contributed by atoms with van der Waals surface area (Å²) in [4.78, 5) is 17.5. The maximum atomic E-state index is 14.6. The predicted molar refractivity (Wildman–Crippen MR) is 95.5 cm³/mol. The first-order valence-electron chi connectivity index (χ1n) is 9.59. The van der Waals surface area contributed by atoms with Crippen LogP contribution in [-0.2, 0) is 0 Å². The number of furan rings is 1. The van der Waals surface area contributed by atoms with Crippen LogP contribution in [0.25, 0.3) is 0 Å². The average Bonchev–Trinajstić information content (AvgIpc) is 3.30. The fraction of sp³-hybridized carbons (Fsp3) is 0.476. The first kappa shape index (κ1) is 16.9. The number of carbonyl (C=O) groups excluding carboxylic acids is 1. The molecule has 0 unspecified atom stereocenters. The van der Waals surface area contributed by atoms with Gasteiger partial charge in [-0.05, 0) is 56.5 Å². The molecule has 6 rings (SSSR count). The van der Waals surface area contributed by atoms with Crippen LogP contribution < -0.4 is 0 Å². The Morgan fingerprint density at radius 1 is 1.15 bits per heavy atom. The molecule has 5 heterocycles. The van der Waals surface area contributed by atoms with Crippen molar-refractivity contribution in [1.82, 2.24) is 9.80 Å². The molecule has 0 saturated carbocycles. The molecule has 4 saturated heterocycles. The van der Waals surface area contributed by atoms with Crippen molar-refractivity contribution < 1.29 is 18.0 Å². The zero-order valence-corrected chi connectivity index (χ0v) is 15.2. The van der Waals surface area contributed by atoms with Crippen LogP contribution >= 0.6 is 0 Å². The number of hydrogen-bond acceptors (Lipinski definition) is 3. The number of nitrogens with zero attached hydrogens (tertiary/aromatic N) is 2. The third kappa shape index (κ3) is 2.46. The highest BCUT2D eigenvalue weighted by Crippen LogP contribution is 2.47. The van der Waals surface area contributed by atoms with Crippen LogP contribution in [0.5, 0.6) is 0 Å². The molecule has 1 aromatic carbocycles. The summed E-state index contributed by atoms with van der Waals surface area (Å²) in [6, 6.07) is 6.20. The number of piperidine rings is 3. The zero-order chi connectivity index (χ0) is 18.7. The van der Waals surface area contributed by atoms with E-state index in [1.54, 1.807) is 18.2 Å². The van der Waals surface area contributed by atoms with Crippen LogP contribution in [0.2, 0.25) is 0 Å². The third-order valence-corrected chi connectivity index (χ3v) is 6.69. The first-order valence-corrected chi connectivity index (χ1v) is 9.59. The summed E-state index contributed by atoms with van der Waals surface area (Å²) in [5.74, 6) is -1.22. The van der Waals surface area contributed by atoms with E-state index in [1.165, 1.54) is 6.26 Å². The van der Waals surface area contributed by atoms with Crippen LogP contribution in [0.3, 0.4) is 0 Å². The van der Waals surface area contributed by atoms with Gasteiger partial charge in [0.15, 0.2) is 17.4 Å². The van der Waals surface area contributed by atoms with E-state index >= 15 is 0 Å². The third-order valence-electron chi connectivity index (χ3n) is 6.69. The Balaban J connectivity index is 1.57. The van der Waals surface area contributed by atoms with Crippen molar-refractivity contribution >= 4 is 5.91 Å². The van der Waals surface area contributed by atoms with Gasteiger partial charge in [0.25, 0.3) is 5.91 Å². The number of likely N-dealkylation sites (tertiary alicyclic amines) is 1. The molecule has 4 fully saturated rings. The lowest BCUT2D eigenvalue weighted by Crippen LogP contribution is -2.60. The minimum absolute atomic E-state index is 0.0252. The maximum absolute atomic E-state index is 14.6. The van der Waals surface area contributed by atoms with Crippen LogP contribution in [0.1, 0.15) is 40.4 Å². The Morgan fingerprint density at radius 3 is 2.63 bits per heavy atom. The van der Waals surface area contributed by atoms with Crippen LogP contribution in [0.4, 0.5) is 8.78 Å². The molecular formula is C21H22F2N2O2. The standard InChI is InChI=1S/C21H22F2N2O2/c1-12-7-10-27-20(12)21(26)25-11-15(14-3-2-4-16(22)17(14)23)19-18(25)13-5-8-24(19)9-6-13/h2-4,7,10,13,15,18-19H,5-6,8-9,11H2,1H3/t15-,18+,19+/m0/s1. The molecule has 0 spiro atoms. The summed E-state index contributed by atoms with van der Waals surface area (Å²) in [6.45, 7) is 4.16. The lowest BCUT2D eigenvalue weighted by Gasteiger charge is -2.51. The van der Waals surface area contributed by atoms with E-state index in [9.17, 15) is 13.6 Å². The van der Waals surface area contributed by atoms with Crippen molar-refractivity contribution in [3.63, 3.8) is 0 Å². The molecule has 27 heavy (non-hydrogen) atoms. The number of fused-ring (bicyclic) bond motifs is 2. The number of halogens is 2. The first-order chi connectivity index (χ1) is 13.1. The number of aryl methyl sites for hydroxylation is 1. The zero-order valence-electron chi connectivity index (χ0n) is 15.2. The van der Waals surface area contributed by atoms with E-state index in [1.807, 2.05) is 11.8 Å². The predicted octanol–water partition coefficient (Wildman–Crippen LogP) is 3.57. The Bertz CT molecular complexity index is 888. The van der Waals surface area contributed by atoms with Gasteiger partial charge < -0.3 is 9.32 Å². The van der Waals surface area contributed by atoms with E-state index in [0.29, 0.717) is 23.8 Å². The summed E-state index contributed by atoms with van der Waals surface area (Å²) in [5.41, 5.74) is 1.18. The highest BCUT2D eigenvalue weighted by atomic mass is 19.2. The Hall–Kier alpha value is -2.21. The van der Waals surface area contributed by atoms with Crippen molar-refractivity contribution in [2.24, 2.45) is 5.92 Å². The Morgan fingerprint density at radius 2 is 1.93 bits per heavy atom. The molecule has 2 bridgehead atoms. The quantitative estimate of drug-likeness (QED) is 0.809. The number of benzene rings is 1. The minimum Gasteiger partial charge on any atom is -0.459 e. The second-order valence-corrected chi connectivity index (χ2v) is 7.99. The van der Waals surface area contributed by atoms with Gasteiger partial charge in [0.05, 0.1) is 12.3 Å². The number of hydrogen-bond donors (Lipinski definition) is 0. The molecule has 4 aliphatic heterocycles. The summed E-state index contributed by atoms with van der Waals surface area (Å²) in [5, 5.41) is 0. The summed E-state index contributed by atoms with van der Waals surface area (Å²) in [7, 11) is 0. The maximum Gasteiger partial charge on any atom is 0.290 e. The molecule has 0 aliphatic carbocycles. The molecule has 1 aromatic heterocycles. The number of rotatable bonds is 2. The molecule has 6 heteroatoms. The molecule has 0 N–H and O–H groups in total. The van der Waals surface area contributed by atoms with Crippen molar-refractivity contribution in [1.29, 1.82) is 0 Å².